The highest BCUT2D eigenvalue weighted by atomic mass is 32.2. The quantitative estimate of drug-likeness (QED) is 0.754. The molecular weight excluding hydrogens is 358 g/mol. The molecule has 1 saturated heterocycles. The van der Waals surface area contributed by atoms with Crippen LogP contribution in [0.4, 0.5) is 0 Å². The first-order valence-corrected chi connectivity index (χ1v) is 10.4. The van der Waals surface area contributed by atoms with Gasteiger partial charge in [0.05, 0.1) is 11.8 Å². The van der Waals surface area contributed by atoms with Gasteiger partial charge in [0.2, 0.25) is 22.7 Å². The normalized spacial score (nSPS) is 20.9. The minimum absolute atomic E-state index is 0.0684. The van der Waals surface area contributed by atoms with Crippen molar-refractivity contribution in [1.29, 1.82) is 0 Å². The highest BCUT2D eigenvalue weighted by Crippen LogP contribution is 2.32. The zero-order valence-electron chi connectivity index (χ0n) is 14.5. The molecule has 1 aliphatic carbocycles. The van der Waals surface area contributed by atoms with Crippen molar-refractivity contribution < 1.29 is 22.7 Å². The molecule has 2 aliphatic heterocycles. The molecule has 142 valence electrons. The molecule has 1 saturated carbocycles. The Labute approximate surface area is 153 Å². The molecular formula is C17H23N3O5S. The van der Waals surface area contributed by atoms with Crippen molar-refractivity contribution in [3.63, 3.8) is 0 Å². The van der Waals surface area contributed by atoms with Crippen LogP contribution >= 0.6 is 0 Å². The van der Waals surface area contributed by atoms with Crippen LogP contribution in [0, 0.1) is 0 Å². The number of fused-ring (bicyclic) bond motifs is 1. The number of nitrogens with one attached hydrogen (secondary N) is 1. The van der Waals surface area contributed by atoms with Crippen LogP contribution in [-0.4, -0.2) is 68.3 Å². The standard InChI is InChI=1S/C17H23N3O5S/c21-17(18-10-13-1-4-15-16(9-13)25-12-24-15)11-19-5-7-20(8-6-19)26(22,23)14-2-3-14/h1,4,9,14H,2-3,5-8,10-12H2,(H,18,21). The third-order valence-electron chi connectivity index (χ3n) is 4.93. The molecule has 0 bridgehead atoms. The summed E-state index contributed by atoms with van der Waals surface area (Å²) in [6.45, 7) is 3.04. The van der Waals surface area contributed by atoms with Crippen molar-refractivity contribution in [2.24, 2.45) is 0 Å². The molecule has 8 nitrogen and oxygen atoms in total. The monoisotopic (exact) mass is 381 g/mol. The lowest BCUT2D eigenvalue weighted by molar-refractivity contribution is -0.122. The van der Waals surface area contributed by atoms with Crippen LogP contribution in [0.15, 0.2) is 18.2 Å². The fourth-order valence-electron chi connectivity index (χ4n) is 3.23. The third kappa shape index (κ3) is 3.79. The fraction of sp³-hybridized carbons (Fsp3) is 0.588. The largest absolute Gasteiger partial charge is 0.454 e. The third-order valence-corrected chi connectivity index (χ3v) is 7.33. The number of sulfonamides is 1. The van der Waals surface area contributed by atoms with Crippen LogP contribution in [0.2, 0.25) is 0 Å². The zero-order chi connectivity index (χ0) is 18.1. The zero-order valence-corrected chi connectivity index (χ0v) is 15.3. The van der Waals surface area contributed by atoms with E-state index >= 15 is 0 Å². The van der Waals surface area contributed by atoms with Crippen molar-refractivity contribution >= 4 is 15.9 Å². The molecule has 1 aromatic carbocycles. The van der Waals surface area contributed by atoms with Crippen LogP contribution in [-0.2, 0) is 21.4 Å². The maximum Gasteiger partial charge on any atom is 0.234 e. The lowest BCUT2D eigenvalue weighted by Gasteiger charge is -2.33. The van der Waals surface area contributed by atoms with Crippen LogP contribution in [0.1, 0.15) is 18.4 Å². The van der Waals surface area contributed by atoms with E-state index in [9.17, 15) is 13.2 Å². The Morgan fingerprint density at radius 1 is 1.12 bits per heavy atom. The van der Waals surface area contributed by atoms with Gasteiger partial charge in [-0.1, -0.05) is 6.07 Å². The maximum atomic E-state index is 12.2. The van der Waals surface area contributed by atoms with Crippen LogP contribution in [0.3, 0.4) is 0 Å². The number of benzene rings is 1. The SMILES string of the molecule is O=C(CN1CCN(S(=O)(=O)C2CC2)CC1)NCc1ccc2c(c1)OCO2. The molecule has 2 fully saturated rings. The number of amides is 1. The van der Waals surface area contributed by atoms with Crippen LogP contribution in [0.25, 0.3) is 0 Å². The average Bonchev–Trinajstić information content (AvgIpc) is 3.40. The molecule has 0 atom stereocenters. The Hall–Kier alpha value is -1.84. The topological polar surface area (TPSA) is 88.2 Å². The summed E-state index contributed by atoms with van der Waals surface area (Å²) in [7, 11) is -3.11. The number of piperazine rings is 1. The molecule has 1 N–H and O–H groups in total. The van der Waals surface area contributed by atoms with E-state index in [2.05, 4.69) is 5.32 Å². The summed E-state index contributed by atoms with van der Waals surface area (Å²) < 4.78 is 36.6. The molecule has 26 heavy (non-hydrogen) atoms. The molecule has 1 aromatic rings. The summed E-state index contributed by atoms with van der Waals surface area (Å²) in [6, 6.07) is 5.60. The highest BCUT2D eigenvalue weighted by molar-refractivity contribution is 7.90. The van der Waals surface area contributed by atoms with E-state index in [4.69, 9.17) is 9.47 Å². The van der Waals surface area contributed by atoms with Gasteiger partial charge in [-0.2, -0.15) is 4.31 Å². The van der Waals surface area contributed by atoms with Crippen molar-refractivity contribution in [2.75, 3.05) is 39.5 Å². The van der Waals surface area contributed by atoms with Gasteiger partial charge >= 0.3 is 0 Å². The van der Waals surface area contributed by atoms with E-state index < -0.39 is 10.0 Å². The number of ether oxygens (including phenoxy) is 2. The van der Waals surface area contributed by atoms with Crippen LogP contribution < -0.4 is 14.8 Å². The Balaban J connectivity index is 1.22. The minimum Gasteiger partial charge on any atom is -0.454 e. The Morgan fingerprint density at radius 2 is 1.85 bits per heavy atom. The molecule has 3 aliphatic rings. The van der Waals surface area contributed by atoms with Gasteiger partial charge in [-0.25, -0.2) is 8.42 Å². The summed E-state index contributed by atoms with van der Waals surface area (Å²) in [5, 5.41) is 2.73. The number of nitrogens with zero attached hydrogens (tertiary/aromatic N) is 2. The smallest absolute Gasteiger partial charge is 0.234 e. The Kier molecular flexibility index (Phi) is 4.76. The van der Waals surface area contributed by atoms with Gasteiger partial charge in [0.1, 0.15) is 0 Å². The maximum absolute atomic E-state index is 12.2. The van der Waals surface area contributed by atoms with E-state index in [1.807, 2.05) is 23.1 Å². The van der Waals surface area contributed by atoms with Gasteiger partial charge < -0.3 is 14.8 Å². The van der Waals surface area contributed by atoms with E-state index in [0.717, 1.165) is 24.2 Å². The average molecular weight is 381 g/mol. The summed E-state index contributed by atoms with van der Waals surface area (Å²) in [6.07, 6.45) is 1.57. The summed E-state index contributed by atoms with van der Waals surface area (Å²) in [5.41, 5.74) is 0.947. The molecule has 0 radical (unpaired) electrons. The van der Waals surface area contributed by atoms with E-state index in [1.54, 1.807) is 4.31 Å². The number of hydrogen-bond acceptors (Lipinski definition) is 6. The van der Waals surface area contributed by atoms with Crippen LogP contribution in [0.5, 0.6) is 11.5 Å². The van der Waals surface area contributed by atoms with Gasteiger partial charge in [-0.15, -0.1) is 0 Å². The molecule has 0 unspecified atom stereocenters. The number of carbonyl (C=O) groups is 1. The summed E-state index contributed by atoms with van der Waals surface area (Å²) >= 11 is 0. The second-order valence-electron chi connectivity index (χ2n) is 6.88. The van der Waals surface area contributed by atoms with Crippen molar-refractivity contribution in [2.45, 2.75) is 24.6 Å². The number of hydrogen-bond donors (Lipinski definition) is 1. The lowest BCUT2D eigenvalue weighted by atomic mass is 10.2. The van der Waals surface area contributed by atoms with E-state index in [-0.39, 0.29) is 24.5 Å². The minimum atomic E-state index is -3.11. The first-order valence-electron chi connectivity index (χ1n) is 8.89. The Bertz CT molecular complexity index is 786. The summed E-state index contributed by atoms with van der Waals surface area (Å²) in [4.78, 5) is 14.2. The predicted molar refractivity (Wildman–Crippen MR) is 94.4 cm³/mol. The summed E-state index contributed by atoms with van der Waals surface area (Å²) in [5.74, 6) is 1.35. The van der Waals surface area contributed by atoms with Crippen molar-refractivity contribution in [1.82, 2.24) is 14.5 Å². The second-order valence-corrected chi connectivity index (χ2v) is 9.10. The highest BCUT2D eigenvalue weighted by Gasteiger charge is 2.41. The van der Waals surface area contributed by atoms with Gasteiger partial charge in [-0.05, 0) is 30.5 Å². The lowest BCUT2D eigenvalue weighted by Crippen LogP contribution is -2.51. The van der Waals surface area contributed by atoms with Gasteiger partial charge in [0, 0.05) is 32.7 Å². The van der Waals surface area contributed by atoms with Gasteiger partial charge in [0.25, 0.3) is 0 Å². The molecule has 9 heteroatoms. The van der Waals surface area contributed by atoms with Gasteiger partial charge in [-0.3, -0.25) is 9.69 Å². The molecule has 0 spiro atoms. The first-order chi connectivity index (χ1) is 12.5. The predicted octanol–water partition coefficient (Wildman–Crippen LogP) is 0.141. The molecule has 1 amide bonds. The molecule has 2 heterocycles. The number of carbonyl (C=O) groups excluding carboxylic acids is 1. The molecule has 0 aromatic heterocycles. The fourth-order valence-corrected chi connectivity index (χ4v) is 5.06. The van der Waals surface area contributed by atoms with Gasteiger partial charge in [0.15, 0.2) is 11.5 Å². The van der Waals surface area contributed by atoms with E-state index in [1.165, 1.54) is 0 Å². The second kappa shape index (κ2) is 7.05. The first kappa shape index (κ1) is 17.6. The van der Waals surface area contributed by atoms with Crippen molar-refractivity contribution in [3.8, 4) is 11.5 Å². The molecule has 4 rings (SSSR count). The van der Waals surface area contributed by atoms with E-state index in [0.29, 0.717) is 38.5 Å². The number of rotatable bonds is 6. The Morgan fingerprint density at radius 3 is 2.58 bits per heavy atom. The van der Waals surface area contributed by atoms with Crippen molar-refractivity contribution in [3.05, 3.63) is 23.8 Å².